The third-order valence-corrected chi connectivity index (χ3v) is 3.96. The lowest BCUT2D eigenvalue weighted by molar-refractivity contribution is 0.0735. The largest absolute Gasteiger partial charge is 0.423 e. The summed E-state index contributed by atoms with van der Waals surface area (Å²) in [6.07, 6.45) is 0.742. The van der Waals surface area contributed by atoms with Crippen molar-refractivity contribution in [3.63, 3.8) is 0 Å². The van der Waals surface area contributed by atoms with Crippen molar-refractivity contribution < 1.29 is 9.53 Å². The standard InChI is InChI=1S/C19H14ClN3O2/c1-2-16-17(20)23-18(22-16)13-4-3-5-14(10-13)19(24)25-15-8-6-12(11-21)7-9-15/h3-10H,2H2,1H3,(H,22,23). The topological polar surface area (TPSA) is 78.8 Å². The highest BCUT2D eigenvalue weighted by atomic mass is 35.5. The van der Waals surface area contributed by atoms with Crippen LogP contribution in [0.2, 0.25) is 5.15 Å². The fourth-order valence-electron chi connectivity index (χ4n) is 2.32. The summed E-state index contributed by atoms with van der Waals surface area (Å²) >= 11 is 6.07. The van der Waals surface area contributed by atoms with Crippen LogP contribution >= 0.6 is 11.6 Å². The summed E-state index contributed by atoms with van der Waals surface area (Å²) in [5.74, 6) is 0.499. The predicted octanol–water partition coefficient (Wildman–Crippen LogP) is 4.38. The Balaban J connectivity index is 1.82. The van der Waals surface area contributed by atoms with Gasteiger partial charge < -0.3 is 9.72 Å². The first kappa shape index (κ1) is 16.7. The minimum absolute atomic E-state index is 0.378. The van der Waals surface area contributed by atoms with Gasteiger partial charge in [0, 0.05) is 5.56 Å². The van der Waals surface area contributed by atoms with E-state index in [1.165, 1.54) is 0 Å². The van der Waals surface area contributed by atoms with E-state index in [2.05, 4.69) is 9.97 Å². The van der Waals surface area contributed by atoms with E-state index in [-0.39, 0.29) is 0 Å². The molecule has 0 atom stereocenters. The lowest BCUT2D eigenvalue weighted by Gasteiger charge is -2.05. The van der Waals surface area contributed by atoms with Gasteiger partial charge in [0.15, 0.2) is 5.15 Å². The molecule has 3 aromatic rings. The fourth-order valence-corrected chi connectivity index (χ4v) is 2.58. The van der Waals surface area contributed by atoms with Gasteiger partial charge in [-0.25, -0.2) is 9.78 Å². The number of rotatable bonds is 4. The lowest BCUT2D eigenvalue weighted by Crippen LogP contribution is -2.08. The predicted molar refractivity (Wildman–Crippen MR) is 94.5 cm³/mol. The Bertz CT molecular complexity index is 956. The van der Waals surface area contributed by atoms with Gasteiger partial charge in [-0.3, -0.25) is 0 Å². The van der Waals surface area contributed by atoms with Crippen molar-refractivity contribution >= 4 is 17.6 Å². The summed E-state index contributed by atoms with van der Waals surface area (Å²) in [4.78, 5) is 19.8. The van der Waals surface area contributed by atoms with Crippen molar-refractivity contribution in [2.24, 2.45) is 0 Å². The van der Waals surface area contributed by atoms with Gasteiger partial charge in [-0.2, -0.15) is 5.26 Å². The van der Waals surface area contributed by atoms with Crippen LogP contribution in [0.4, 0.5) is 0 Å². The Kier molecular flexibility index (Phi) is 4.82. The highest BCUT2D eigenvalue weighted by Gasteiger charge is 2.13. The van der Waals surface area contributed by atoms with Crippen LogP contribution in [0.5, 0.6) is 5.75 Å². The van der Waals surface area contributed by atoms with E-state index in [0.717, 1.165) is 17.7 Å². The molecular formula is C19H14ClN3O2. The molecule has 1 heterocycles. The summed E-state index contributed by atoms with van der Waals surface area (Å²) in [6, 6.07) is 15.3. The molecule has 1 N–H and O–H groups in total. The summed E-state index contributed by atoms with van der Waals surface area (Å²) in [7, 11) is 0. The number of nitrogens with zero attached hydrogens (tertiary/aromatic N) is 2. The van der Waals surface area contributed by atoms with Gasteiger partial charge in [-0.05, 0) is 42.8 Å². The number of H-pyrrole nitrogens is 1. The van der Waals surface area contributed by atoms with Gasteiger partial charge in [-0.15, -0.1) is 0 Å². The van der Waals surface area contributed by atoms with E-state index in [1.807, 2.05) is 19.1 Å². The van der Waals surface area contributed by atoms with E-state index >= 15 is 0 Å². The molecule has 0 unspecified atom stereocenters. The minimum atomic E-state index is -0.486. The Morgan fingerprint density at radius 3 is 2.68 bits per heavy atom. The SMILES string of the molecule is CCc1[nH]c(-c2cccc(C(=O)Oc3ccc(C#N)cc3)c2)nc1Cl. The quantitative estimate of drug-likeness (QED) is 0.558. The van der Waals surface area contributed by atoms with Crippen LogP contribution < -0.4 is 4.74 Å². The molecule has 0 saturated heterocycles. The molecule has 3 rings (SSSR count). The number of hydrogen-bond donors (Lipinski definition) is 1. The van der Waals surface area contributed by atoms with E-state index < -0.39 is 5.97 Å². The molecule has 0 bridgehead atoms. The monoisotopic (exact) mass is 351 g/mol. The summed E-state index contributed by atoms with van der Waals surface area (Å²) in [5, 5.41) is 9.22. The van der Waals surface area contributed by atoms with Crippen molar-refractivity contribution in [3.05, 3.63) is 70.5 Å². The zero-order valence-electron chi connectivity index (χ0n) is 13.4. The number of ether oxygens (including phenoxy) is 1. The van der Waals surface area contributed by atoms with E-state index in [9.17, 15) is 4.79 Å². The first-order chi connectivity index (χ1) is 12.1. The number of aryl methyl sites for hydroxylation is 1. The maximum Gasteiger partial charge on any atom is 0.343 e. The third kappa shape index (κ3) is 3.70. The summed E-state index contributed by atoms with van der Waals surface area (Å²) < 4.78 is 5.34. The number of esters is 1. The number of benzene rings is 2. The number of halogens is 1. The van der Waals surface area contributed by atoms with Crippen LogP contribution in [0, 0.1) is 11.3 Å². The Labute approximate surface area is 149 Å². The molecule has 0 saturated carbocycles. The number of carbonyl (C=O) groups excluding carboxylic acids is 1. The zero-order valence-corrected chi connectivity index (χ0v) is 14.2. The maximum absolute atomic E-state index is 12.3. The number of aromatic nitrogens is 2. The van der Waals surface area contributed by atoms with Crippen LogP contribution in [0.25, 0.3) is 11.4 Å². The number of hydrogen-bond acceptors (Lipinski definition) is 4. The molecule has 0 fully saturated rings. The van der Waals surface area contributed by atoms with Crippen molar-refractivity contribution in [1.82, 2.24) is 9.97 Å². The van der Waals surface area contributed by atoms with Gasteiger partial charge in [0.25, 0.3) is 0 Å². The molecule has 2 aromatic carbocycles. The normalized spacial score (nSPS) is 10.3. The van der Waals surface area contributed by atoms with Crippen LogP contribution in [-0.2, 0) is 6.42 Å². The molecule has 6 heteroatoms. The molecule has 0 aliphatic rings. The third-order valence-electron chi connectivity index (χ3n) is 3.65. The molecule has 25 heavy (non-hydrogen) atoms. The zero-order chi connectivity index (χ0) is 17.8. The highest BCUT2D eigenvalue weighted by molar-refractivity contribution is 6.30. The first-order valence-electron chi connectivity index (χ1n) is 7.68. The second kappa shape index (κ2) is 7.20. The van der Waals surface area contributed by atoms with Crippen molar-refractivity contribution in [1.29, 1.82) is 5.26 Å². The molecule has 124 valence electrons. The van der Waals surface area contributed by atoms with Gasteiger partial charge in [0.2, 0.25) is 0 Å². The Hall–Kier alpha value is -3.10. The van der Waals surface area contributed by atoms with Crippen LogP contribution in [0.1, 0.15) is 28.5 Å². The lowest BCUT2D eigenvalue weighted by atomic mass is 10.1. The van der Waals surface area contributed by atoms with E-state index in [0.29, 0.717) is 27.9 Å². The van der Waals surface area contributed by atoms with Crippen molar-refractivity contribution in [3.8, 4) is 23.2 Å². The molecule has 0 aliphatic carbocycles. The van der Waals surface area contributed by atoms with Gasteiger partial charge in [0.1, 0.15) is 11.6 Å². The van der Waals surface area contributed by atoms with Crippen molar-refractivity contribution in [2.75, 3.05) is 0 Å². The van der Waals surface area contributed by atoms with Gasteiger partial charge in [0.05, 0.1) is 22.9 Å². The first-order valence-corrected chi connectivity index (χ1v) is 8.05. The number of imidazole rings is 1. The van der Waals surface area contributed by atoms with Crippen LogP contribution in [-0.4, -0.2) is 15.9 Å². The molecule has 0 amide bonds. The number of nitriles is 1. The summed E-state index contributed by atoms with van der Waals surface area (Å²) in [6.45, 7) is 1.98. The average Bonchev–Trinajstić information content (AvgIpc) is 3.03. The second-order valence-corrected chi connectivity index (χ2v) is 5.67. The highest BCUT2D eigenvalue weighted by Crippen LogP contribution is 2.23. The van der Waals surface area contributed by atoms with Crippen LogP contribution in [0.3, 0.4) is 0 Å². The summed E-state index contributed by atoms with van der Waals surface area (Å²) in [5.41, 5.74) is 2.49. The van der Waals surface area contributed by atoms with Gasteiger partial charge >= 0.3 is 5.97 Å². The number of aromatic amines is 1. The van der Waals surface area contributed by atoms with Crippen LogP contribution in [0.15, 0.2) is 48.5 Å². The molecule has 0 aliphatic heterocycles. The average molecular weight is 352 g/mol. The molecular weight excluding hydrogens is 338 g/mol. The molecule has 5 nitrogen and oxygen atoms in total. The Morgan fingerprint density at radius 2 is 2.04 bits per heavy atom. The minimum Gasteiger partial charge on any atom is -0.423 e. The Morgan fingerprint density at radius 1 is 1.28 bits per heavy atom. The molecule has 0 radical (unpaired) electrons. The number of nitrogens with one attached hydrogen (secondary N) is 1. The molecule has 1 aromatic heterocycles. The smallest absolute Gasteiger partial charge is 0.343 e. The second-order valence-electron chi connectivity index (χ2n) is 5.31. The maximum atomic E-state index is 12.3. The fraction of sp³-hybridized carbons (Fsp3) is 0.105. The number of carbonyl (C=O) groups is 1. The van der Waals surface area contributed by atoms with Gasteiger partial charge in [-0.1, -0.05) is 30.7 Å². The van der Waals surface area contributed by atoms with E-state index in [1.54, 1.807) is 42.5 Å². The van der Waals surface area contributed by atoms with E-state index in [4.69, 9.17) is 21.6 Å². The van der Waals surface area contributed by atoms with Crippen molar-refractivity contribution in [2.45, 2.75) is 13.3 Å². The molecule has 0 spiro atoms.